The number of ketones is 1. The normalized spacial score (nSPS) is 12.4. The van der Waals surface area contributed by atoms with Crippen molar-refractivity contribution < 1.29 is 18.8 Å². The molecule has 0 aliphatic heterocycles. The molecule has 0 bridgehead atoms. The van der Waals surface area contributed by atoms with Gasteiger partial charge in [0.15, 0.2) is 8.32 Å². The van der Waals surface area contributed by atoms with E-state index in [0.717, 1.165) is 17.3 Å². The molecule has 1 aromatic carbocycles. The summed E-state index contributed by atoms with van der Waals surface area (Å²) >= 11 is 0. The molecule has 0 amide bonds. The molecule has 2 rings (SSSR count). The highest BCUT2D eigenvalue weighted by Crippen LogP contribution is 2.36. The molecule has 0 saturated heterocycles. The zero-order valence-corrected chi connectivity index (χ0v) is 19.0. The van der Waals surface area contributed by atoms with Crippen LogP contribution in [0.5, 0.6) is 0 Å². The minimum absolute atomic E-state index is 0.156. The first kappa shape index (κ1) is 22.4. The first-order chi connectivity index (χ1) is 13.1. The Hall–Kier alpha value is -1.92. The fourth-order valence-corrected chi connectivity index (χ4v) is 3.96. The van der Waals surface area contributed by atoms with Crippen LogP contribution in [0.25, 0.3) is 10.9 Å². The lowest BCUT2D eigenvalue weighted by atomic mass is 10.1. The lowest BCUT2D eigenvalue weighted by Gasteiger charge is -2.36. The maximum Gasteiger partial charge on any atom is 0.340 e. The SMILES string of the molecule is COC(=O)c1cn(CCCC(=O)CCO[Si](C)(C)C(C)(C)C)c2ccccc12. The molecule has 0 radical (unpaired) electrons. The van der Waals surface area contributed by atoms with Gasteiger partial charge in [-0.2, -0.15) is 0 Å². The summed E-state index contributed by atoms with van der Waals surface area (Å²) in [5.74, 6) is -0.114. The maximum atomic E-state index is 12.2. The molecular weight excluding hydrogens is 370 g/mol. The van der Waals surface area contributed by atoms with Gasteiger partial charge < -0.3 is 13.7 Å². The second-order valence-corrected chi connectivity index (χ2v) is 13.6. The summed E-state index contributed by atoms with van der Waals surface area (Å²) in [7, 11) is -0.410. The van der Waals surface area contributed by atoms with Crippen LogP contribution in [0.15, 0.2) is 30.5 Å². The van der Waals surface area contributed by atoms with Crippen LogP contribution < -0.4 is 0 Å². The molecule has 0 aliphatic carbocycles. The molecule has 1 heterocycles. The average Bonchev–Trinajstić information content (AvgIpc) is 2.99. The van der Waals surface area contributed by atoms with Crippen molar-refractivity contribution in [2.24, 2.45) is 0 Å². The van der Waals surface area contributed by atoms with Gasteiger partial charge in [0.1, 0.15) is 5.78 Å². The third kappa shape index (κ3) is 5.32. The largest absolute Gasteiger partial charge is 0.465 e. The summed E-state index contributed by atoms with van der Waals surface area (Å²) in [6, 6.07) is 7.76. The topological polar surface area (TPSA) is 57.5 Å². The van der Waals surface area contributed by atoms with Gasteiger partial charge in [-0.05, 0) is 30.6 Å². The monoisotopic (exact) mass is 403 g/mol. The minimum Gasteiger partial charge on any atom is -0.465 e. The zero-order chi connectivity index (χ0) is 20.9. The molecule has 0 atom stereocenters. The number of nitrogens with zero attached hydrogens (tertiary/aromatic N) is 1. The van der Waals surface area contributed by atoms with Crippen LogP contribution in [0.3, 0.4) is 0 Å². The Morgan fingerprint density at radius 1 is 1.11 bits per heavy atom. The summed E-state index contributed by atoms with van der Waals surface area (Å²) in [5.41, 5.74) is 1.55. The van der Waals surface area contributed by atoms with Gasteiger partial charge in [-0.1, -0.05) is 39.0 Å². The van der Waals surface area contributed by atoms with Gasteiger partial charge >= 0.3 is 5.97 Å². The van der Waals surface area contributed by atoms with E-state index in [-0.39, 0.29) is 16.8 Å². The van der Waals surface area contributed by atoms with Gasteiger partial charge in [0.2, 0.25) is 0 Å². The van der Waals surface area contributed by atoms with Crippen molar-refractivity contribution in [1.29, 1.82) is 0 Å². The predicted octanol–water partition coefficient (Wildman–Crippen LogP) is 5.19. The second-order valence-electron chi connectivity index (χ2n) is 8.75. The Bertz CT molecular complexity index is 833. The van der Waals surface area contributed by atoms with Crippen LogP contribution in [-0.2, 0) is 20.5 Å². The molecule has 0 saturated carbocycles. The van der Waals surface area contributed by atoms with E-state index in [0.29, 0.717) is 31.6 Å². The molecule has 0 unspecified atom stereocenters. The number of methoxy groups -OCH3 is 1. The van der Waals surface area contributed by atoms with Crippen molar-refractivity contribution in [1.82, 2.24) is 4.57 Å². The summed E-state index contributed by atoms with van der Waals surface area (Å²) in [4.78, 5) is 24.2. The molecule has 0 fully saturated rings. The molecule has 1 aromatic heterocycles. The standard InChI is InChI=1S/C22H33NO4Si/c1-22(2,3)28(5,6)27-15-13-17(24)10-9-14-23-16-19(21(25)26-4)18-11-7-8-12-20(18)23/h7-8,11-12,16H,9-10,13-15H2,1-6H3. The van der Waals surface area contributed by atoms with E-state index in [2.05, 4.69) is 33.9 Å². The number of aromatic nitrogens is 1. The summed E-state index contributed by atoms with van der Waals surface area (Å²) in [6.07, 6.45) is 3.53. The van der Waals surface area contributed by atoms with E-state index in [1.54, 1.807) is 0 Å². The number of fused-ring (bicyclic) bond motifs is 1. The van der Waals surface area contributed by atoms with E-state index in [4.69, 9.17) is 9.16 Å². The number of benzene rings is 1. The maximum absolute atomic E-state index is 12.2. The first-order valence-corrected chi connectivity index (χ1v) is 12.8. The zero-order valence-electron chi connectivity index (χ0n) is 18.0. The van der Waals surface area contributed by atoms with E-state index in [1.807, 2.05) is 35.0 Å². The molecule has 154 valence electrons. The lowest BCUT2D eigenvalue weighted by molar-refractivity contribution is -0.119. The Labute approximate surface area is 169 Å². The predicted molar refractivity (Wildman–Crippen MR) is 115 cm³/mol. The van der Waals surface area contributed by atoms with Crippen LogP contribution in [0.4, 0.5) is 0 Å². The number of esters is 1. The van der Waals surface area contributed by atoms with Crippen molar-refractivity contribution in [3.8, 4) is 0 Å². The van der Waals surface area contributed by atoms with Gasteiger partial charge in [0.25, 0.3) is 0 Å². The molecule has 2 aromatic rings. The number of hydrogen-bond acceptors (Lipinski definition) is 4. The van der Waals surface area contributed by atoms with E-state index < -0.39 is 8.32 Å². The molecule has 5 nitrogen and oxygen atoms in total. The van der Waals surface area contributed by atoms with E-state index in [1.165, 1.54) is 7.11 Å². The fraction of sp³-hybridized carbons (Fsp3) is 0.545. The van der Waals surface area contributed by atoms with Gasteiger partial charge in [-0.15, -0.1) is 0 Å². The molecule has 0 spiro atoms. The molecule has 6 heteroatoms. The highest BCUT2D eigenvalue weighted by molar-refractivity contribution is 6.74. The van der Waals surface area contributed by atoms with Gasteiger partial charge in [0.05, 0.1) is 12.7 Å². The van der Waals surface area contributed by atoms with Crippen LogP contribution in [0.2, 0.25) is 18.1 Å². The van der Waals surface area contributed by atoms with Crippen molar-refractivity contribution >= 4 is 31.0 Å². The summed E-state index contributed by atoms with van der Waals surface area (Å²) in [5, 5.41) is 1.03. The number of rotatable bonds is 9. The Morgan fingerprint density at radius 2 is 1.79 bits per heavy atom. The number of para-hydroxylation sites is 1. The minimum atomic E-state index is -1.80. The Morgan fingerprint density at radius 3 is 2.43 bits per heavy atom. The van der Waals surface area contributed by atoms with Crippen molar-refractivity contribution in [2.45, 2.75) is 64.7 Å². The number of carbonyl (C=O) groups is 2. The van der Waals surface area contributed by atoms with Gasteiger partial charge in [0, 0.05) is 43.1 Å². The number of Topliss-reactive ketones (excluding diaryl/α,β-unsaturated/α-hetero) is 1. The second kappa shape index (κ2) is 9.05. The van der Waals surface area contributed by atoms with Crippen LogP contribution >= 0.6 is 0 Å². The third-order valence-electron chi connectivity index (χ3n) is 5.70. The first-order valence-electron chi connectivity index (χ1n) is 9.88. The highest BCUT2D eigenvalue weighted by atomic mass is 28.4. The number of carbonyl (C=O) groups excluding carboxylic acids is 2. The van der Waals surface area contributed by atoms with Gasteiger partial charge in [-0.3, -0.25) is 4.79 Å². The van der Waals surface area contributed by atoms with Crippen LogP contribution in [0, 0.1) is 0 Å². The fourth-order valence-electron chi connectivity index (χ4n) is 2.91. The summed E-state index contributed by atoms with van der Waals surface area (Å²) < 4.78 is 13.0. The van der Waals surface area contributed by atoms with Gasteiger partial charge in [-0.25, -0.2) is 4.79 Å². The third-order valence-corrected chi connectivity index (χ3v) is 10.2. The number of ether oxygens (including phenoxy) is 1. The van der Waals surface area contributed by atoms with E-state index >= 15 is 0 Å². The van der Waals surface area contributed by atoms with Crippen LogP contribution in [-0.4, -0.2) is 38.4 Å². The number of hydrogen-bond donors (Lipinski definition) is 0. The molecular formula is C22H33NO4Si. The van der Waals surface area contributed by atoms with Crippen molar-refractivity contribution in [2.75, 3.05) is 13.7 Å². The van der Waals surface area contributed by atoms with Crippen molar-refractivity contribution in [3.63, 3.8) is 0 Å². The lowest BCUT2D eigenvalue weighted by Crippen LogP contribution is -2.41. The smallest absolute Gasteiger partial charge is 0.340 e. The Balaban J connectivity index is 1.88. The molecule has 28 heavy (non-hydrogen) atoms. The molecule has 0 N–H and O–H groups in total. The summed E-state index contributed by atoms with van der Waals surface area (Å²) in [6.45, 7) is 12.2. The molecule has 0 aliphatic rings. The van der Waals surface area contributed by atoms with Crippen molar-refractivity contribution in [3.05, 3.63) is 36.0 Å². The number of aryl methyl sites for hydroxylation is 1. The highest BCUT2D eigenvalue weighted by Gasteiger charge is 2.36. The van der Waals surface area contributed by atoms with Crippen LogP contribution in [0.1, 0.15) is 50.4 Å². The Kier molecular flexibility index (Phi) is 7.23. The quantitative estimate of drug-likeness (QED) is 0.427. The average molecular weight is 404 g/mol. The van der Waals surface area contributed by atoms with E-state index in [9.17, 15) is 9.59 Å².